The van der Waals surface area contributed by atoms with Gasteiger partial charge in [-0.3, -0.25) is 0 Å². The highest BCUT2D eigenvalue weighted by atomic mass is 35.5. The van der Waals surface area contributed by atoms with E-state index in [2.05, 4.69) is 20.2 Å². The highest BCUT2D eigenvalue weighted by Gasteiger charge is 2.39. The van der Waals surface area contributed by atoms with E-state index in [4.69, 9.17) is 11.6 Å². The summed E-state index contributed by atoms with van der Waals surface area (Å²) in [5.41, 5.74) is 0.688. The number of halogens is 4. The van der Waals surface area contributed by atoms with Gasteiger partial charge in [0, 0.05) is 24.8 Å². The molecule has 0 amide bonds. The molecule has 0 saturated heterocycles. The summed E-state index contributed by atoms with van der Waals surface area (Å²) in [6.45, 7) is 2.46. The molecule has 2 aromatic rings. The SMILES string of the molecule is Cc1cc(N2CCn3c(nnc3C(F)(F)F)C2)nc(Cl)n1. The van der Waals surface area contributed by atoms with Crippen molar-refractivity contribution in [2.45, 2.75) is 26.2 Å². The predicted molar refractivity (Wildman–Crippen MR) is 67.9 cm³/mol. The summed E-state index contributed by atoms with van der Waals surface area (Å²) in [7, 11) is 0. The molecule has 112 valence electrons. The van der Waals surface area contributed by atoms with Gasteiger partial charge in [-0.1, -0.05) is 0 Å². The number of anilines is 1. The normalized spacial score (nSPS) is 15.2. The topological polar surface area (TPSA) is 59.7 Å². The summed E-state index contributed by atoms with van der Waals surface area (Å²) in [4.78, 5) is 9.84. The van der Waals surface area contributed by atoms with Crippen LogP contribution >= 0.6 is 11.6 Å². The Balaban J connectivity index is 1.90. The van der Waals surface area contributed by atoms with Crippen LogP contribution in [0.4, 0.5) is 19.0 Å². The lowest BCUT2D eigenvalue weighted by Gasteiger charge is -2.29. The molecule has 3 heterocycles. The molecule has 0 aromatic carbocycles. The Labute approximate surface area is 122 Å². The quantitative estimate of drug-likeness (QED) is 0.753. The van der Waals surface area contributed by atoms with E-state index in [0.29, 0.717) is 18.1 Å². The minimum Gasteiger partial charge on any atom is -0.347 e. The van der Waals surface area contributed by atoms with E-state index in [1.165, 1.54) is 0 Å². The van der Waals surface area contributed by atoms with Gasteiger partial charge >= 0.3 is 6.18 Å². The molecule has 0 spiro atoms. The Morgan fingerprint density at radius 1 is 1.19 bits per heavy atom. The van der Waals surface area contributed by atoms with Crippen LogP contribution in [0.5, 0.6) is 0 Å². The number of fused-ring (bicyclic) bond motifs is 1. The van der Waals surface area contributed by atoms with Crippen LogP contribution in [0.3, 0.4) is 0 Å². The molecule has 10 heteroatoms. The highest BCUT2D eigenvalue weighted by molar-refractivity contribution is 6.28. The number of hydrogen-bond acceptors (Lipinski definition) is 5. The van der Waals surface area contributed by atoms with E-state index in [0.717, 1.165) is 4.57 Å². The first-order valence-electron chi connectivity index (χ1n) is 6.10. The van der Waals surface area contributed by atoms with E-state index in [1.54, 1.807) is 17.9 Å². The smallest absolute Gasteiger partial charge is 0.347 e. The van der Waals surface area contributed by atoms with Crippen molar-refractivity contribution >= 4 is 17.4 Å². The third-order valence-electron chi connectivity index (χ3n) is 3.14. The molecule has 0 fully saturated rings. The van der Waals surface area contributed by atoms with Gasteiger partial charge in [0.25, 0.3) is 0 Å². The minimum atomic E-state index is -4.50. The van der Waals surface area contributed by atoms with Crippen LogP contribution in [0, 0.1) is 6.92 Å². The lowest BCUT2D eigenvalue weighted by molar-refractivity contribution is -0.147. The average molecular weight is 319 g/mol. The number of alkyl halides is 3. The number of aromatic nitrogens is 5. The number of aryl methyl sites for hydroxylation is 1. The molecule has 0 N–H and O–H groups in total. The lowest BCUT2D eigenvalue weighted by atomic mass is 10.3. The second-order valence-electron chi connectivity index (χ2n) is 4.65. The van der Waals surface area contributed by atoms with Crippen molar-refractivity contribution in [3.8, 4) is 0 Å². The van der Waals surface area contributed by atoms with Crippen molar-refractivity contribution in [3.05, 3.63) is 28.7 Å². The molecule has 2 aromatic heterocycles. The van der Waals surface area contributed by atoms with Crippen molar-refractivity contribution < 1.29 is 13.2 Å². The lowest BCUT2D eigenvalue weighted by Crippen LogP contribution is -2.35. The largest absolute Gasteiger partial charge is 0.451 e. The van der Waals surface area contributed by atoms with Crippen LogP contribution in [0.25, 0.3) is 0 Å². The Kier molecular flexibility index (Phi) is 3.23. The fourth-order valence-corrected chi connectivity index (χ4v) is 2.46. The molecule has 0 saturated carbocycles. The molecule has 0 atom stereocenters. The zero-order valence-corrected chi connectivity index (χ0v) is 11.6. The molecule has 0 bridgehead atoms. The van der Waals surface area contributed by atoms with Crippen LogP contribution in [0.15, 0.2) is 6.07 Å². The molecule has 6 nitrogen and oxygen atoms in total. The molecule has 3 rings (SSSR count). The van der Waals surface area contributed by atoms with Crippen LogP contribution < -0.4 is 4.90 Å². The van der Waals surface area contributed by atoms with Gasteiger partial charge in [0.2, 0.25) is 11.1 Å². The van der Waals surface area contributed by atoms with Crippen LogP contribution in [-0.4, -0.2) is 31.3 Å². The third-order valence-corrected chi connectivity index (χ3v) is 3.31. The maximum absolute atomic E-state index is 12.8. The number of nitrogens with zero attached hydrogens (tertiary/aromatic N) is 6. The van der Waals surface area contributed by atoms with E-state index < -0.39 is 12.0 Å². The van der Waals surface area contributed by atoms with Gasteiger partial charge in [-0.05, 0) is 18.5 Å². The Hall–Kier alpha value is -1.90. The van der Waals surface area contributed by atoms with Gasteiger partial charge in [-0.15, -0.1) is 10.2 Å². The second-order valence-corrected chi connectivity index (χ2v) is 4.99. The summed E-state index contributed by atoms with van der Waals surface area (Å²) in [6.07, 6.45) is -4.50. The van der Waals surface area contributed by atoms with Gasteiger partial charge in [0.15, 0.2) is 5.82 Å². The van der Waals surface area contributed by atoms with Crippen molar-refractivity contribution in [1.29, 1.82) is 0 Å². The Morgan fingerprint density at radius 2 is 1.95 bits per heavy atom. The molecule has 21 heavy (non-hydrogen) atoms. The van der Waals surface area contributed by atoms with E-state index in [-0.39, 0.29) is 24.2 Å². The molecular weight excluding hydrogens is 309 g/mol. The van der Waals surface area contributed by atoms with Crippen LogP contribution in [-0.2, 0) is 19.3 Å². The Morgan fingerprint density at radius 3 is 2.62 bits per heavy atom. The second kappa shape index (κ2) is 4.83. The van der Waals surface area contributed by atoms with Gasteiger partial charge in [-0.25, -0.2) is 9.97 Å². The van der Waals surface area contributed by atoms with Gasteiger partial charge in [0.05, 0.1) is 6.54 Å². The summed E-state index contributed by atoms with van der Waals surface area (Å²) in [6, 6.07) is 1.72. The molecular formula is C11H10ClF3N6. The van der Waals surface area contributed by atoms with Crippen molar-refractivity contribution in [2.24, 2.45) is 0 Å². The highest BCUT2D eigenvalue weighted by Crippen LogP contribution is 2.30. The summed E-state index contributed by atoms with van der Waals surface area (Å²) < 4.78 is 39.4. The van der Waals surface area contributed by atoms with Gasteiger partial charge in [-0.2, -0.15) is 13.2 Å². The first kappa shape index (κ1) is 14.1. The molecule has 0 aliphatic carbocycles. The standard InChI is InChI=1S/C11H10ClF3N6/c1-6-4-7(17-10(12)16-6)20-2-3-21-8(5-20)18-19-9(21)11(13,14)15/h4H,2-3,5H2,1H3. The molecule has 0 radical (unpaired) electrons. The monoisotopic (exact) mass is 318 g/mol. The van der Waals surface area contributed by atoms with Gasteiger partial charge < -0.3 is 9.47 Å². The maximum Gasteiger partial charge on any atom is 0.451 e. The van der Waals surface area contributed by atoms with Crippen molar-refractivity contribution in [1.82, 2.24) is 24.7 Å². The fraction of sp³-hybridized carbons (Fsp3) is 0.455. The third kappa shape index (κ3) is 2.65. The Bertz CT molecular complexity index is 663. The molecule has 1 aliphatic rings. The zero-order valence-electron chi connectivity index (χ0n) is 10.9. The predicted octanol–water partition coefficient (Wildman–Crippen LogP) is 2.07. The summed E-state index contributed by atoms with van der Waals surface area (Å²) >= 11 is 5.80. The van der Waals surface area contributed by atoms with Crippen molar-refractivity contribution in [2.75, 3.05) is 11.4 Å². The maximum atomic E-state index is 12.8. The minimum absolute atomic E-state index is 0.105. The molecule has 1 aliphatic heterocycles. The fourth-order valence-electron chi connectivity index (χ4n) is 2.24. The van der Waals surface area contributed by atoms with Crippen LogP contribution in [0.2, 0.25) is 5.28 Å². The van der Waals surface area contributed by atoms with E-state index in [9.17, 15) is 13.2 Å². The van der Waals surface area contributed by atoms with Crippen LogP contribution in [0.1, 0.15) is 17.3 Å². The first-order chi connectivity index (χ1) is 9.84. The number of hydrogen-bond donors (Lipinski definition) is 0. The van der Waals surface area contributed by atoms with Gasteiger partial charge in [0.1, 0.15) is 5.82 Å². The zero-order chi connectivity index (χ0) is 15.2. The number of rotatable bonds is 1. The average Bonchev–Trinajstić information content (AvgIpc) is 2.80. The van der Waals surface area contributed by atoms with E-state index >= 15 is 0 Å². The summed E-state index contributed by atoms with van der Waals surface area (Å²) in [5, 5.41) is 6.96. The first-order valence-corrected chi connectivity index (χ1v) is 6.48. The van der Waals surface area contributed by atoms with Crippen molar-refractivity contribution in [3.63, 3.8) is 0 Å². The molecule has 0 unspecified atom stereocenters. The summed E-state index contributed by atoms with van der Waals surface area (Å²) in [5.74, 6) is -0.148. The van der Waals surface area contributed by atoms with E-state index in [1.807, 2.05) is 0 Å².